The SMILES string of the molecule is CN1CCC(CNc2ncc(Cl)cc2F)CC1. The van der Waals surface area contributed by atoms with E-state index in [2.05, 4.69) is 22.2 Å². The maximum absolute atomic E-state index is 13.4. The van der Waals surface area contributed by atoms with E-state index in [-0.39, 0.29) is 5.82 Å². The lowest BCUT2D eigenvalue weighted by Gasteiger charge is -2.29. The highest BCUT2D eigenvalue weighted by Crippen LogP contribution is 2.19. The minimum absolute atomic E-state index is 0.299. The van der Waals surface area contributed by atoms with Gasteiger partial charge in [-0.3, -0.25) is 0 Å². The number of hydrogen-bond acceptors (Lipinski definition) is 3. The second-order valence-corrected chi connectivity index (χ2v) is 5.05. The first-order chi connectivity index (χ1) is 8.15. The van der Waals surface area contributed by atoms with Gasteiger partial charge < -0.3 is 10.2 Å². The fraction of sp³-hybridized carbons (Fsp3) is 0.583. The summed E-state index contributed by atoms with van der Waals surface area (Å²) < 4.78 is 13.4. The van der Waals surface area contributed by atoms with Gasteiger partial charge >= 0.3 is 0 Å². The lowest BCUT2D eigenvalue weighted by molar-refractivity contribution is 0.226. The predicted octanol–water partition coefficient (Wildman–Crippen LogP) is 2.63. The third kappa shape index (κ3) is 3.54. The Hall–Kier alpha value is -0.870. The van der Waals surface area contributed by atoms with Crippen molar-refractivity contribution in [2.45, 2.75) is 12.8 Å². The van der Waals surface area contributed by atoms with Gasteiger partial charge in [0.05, 0.1) is 5.02 Å². The largest absolute Gasteiger partial charge is 0.367 e. The second-order valence-electron chi connectivity index (χ2n) is 4.61. The molecule has 1 aliphatic heterocycles. The summed E-state index contributed by atoms with van der Waals surface area (Å²) in [7, 11) is 2.13. The number of hydrogen-bond donors (Lipinski definition) is 1. The molecule has 1 saturated heterocycles. The van der Waals surface area contributed by atoms with E-state index in [9.17, 15) is 4.39 Å². The van der Waals surface area contributed by atoms with Gasteiger partial charge in [-0.05, 0) is 45.0 Å². The molecule has 0 radical (unpaired) electrons. The smallest absolute Gasteiger partial charge is 0.166 e. The molecule has 2 heterocycles. The molecule has 17 heavy (non-hydrogen) atoms. The summed E-state index contributed by atoms with van der Waals surface area (Å²) in [6, 6.07) is 1.28. The average Bonchev–Trinajstić information content (AvgIpc) is 2.30. The first kappa shape index (κ1) is 12.6. The topological polar surface area (TPSA) is 28.2 Å². The maximum Gasteiger partial charge on any atom is 0.166 e. The molecule has 5 heteroatoms. The second kappa shape index (κ2) is 5.65. The van der Waals surface area contributed by atoms with Crippen LogP contribution in [-0.2, 0) is 0 Å². The Bertz CT molecular complexity index is 378. The van der Waals surface area contributed by atoms with Crippen LogP contribution in [0.5, 0.6) is 0 Å². The molecule has 1 aromatic heterocycles. The van der Waals surface area contributed by atoms with Gasteiger partial charge in [0.1, 0.15) is 0 Å². The monoisotopic (exact) mass is 257 g/mol. The quantitative estimate of drug-likeness (QED) is 0.902. The van der Waals surface area contributed by atoms with Crippen LogP contribution >= 0.6 is 11.6 Å². The zero-order chi connectivity index (χ0) is 12.3. The number of nitrogens with one attached hydrogen (secondary N) is 1. The summed E-state index contributed by atoms with van der Waals surface area (Å²) in [4.78, 5) is 6.27. The average molecular weight is 258 g/mol. The summed E-state index contributed by atoms with van der Waals surface area (Å²) in [5.74, 6) is 0.516. The van der Waals surface area contributed by atoms with Crippen LogP contribution < -0.4 is 5.32 Å². The highest BCUT2D eigenvalue weighted by molar-refractivity contribution is 6.30. The van der Waals surface area contributed by atoms with Crippen molar-refractivity contribution in [1.82, 2.24) is 9.88 Å². The molecule has 0 unspecified atom stereocenters. The summed E-state index contributed by atoms with van der Waals surface area (Å²) in [5.41, 5.74) is 0. The van der Waals surface area contributed by atoms with Gasteiger partial charge in [0.25, 0.3) is 0 Å². The molecular formula is C12H17ClFN3. The van der Waals surface area contributed by atoms with E-state index in [1.54, 1.807) is 0 Å². The molecule has 0 atom stereocenters. The molecule has 3 nitrogen and oxygen atoms in total. The van der Waals surface area contributed by atoms with Crippen molar-refractivity contribution in [3.63, 3.8) is 0 Å². The highest BCUT2D eigenvalue weighted by Gasteiger charge is 2.16. The van der Waals surface area contributed by atoms with E-state index in [0.717, 1.165) is 32.5 Å². The minimum Gasteiger partial charge on any atom is -0.367 e. The van der Waals surface area contributed by atoms with Gasteiger partial charge in [-0.1, -0.05) is 11.6 Å². The molecule has 1 aromatic rings. The molecule has 2 rings (SSSR count). The summed E-state index contributed by atoms with van der Waals surface area (Å²) in [6.07, 6.45) is 3.76. The molecule has 0 bridgehead atoms. The van der Waals surface area contributed by atoms with Crippen LogP contribution in [0, 0.1) is 11.7 Å². The first-order valence-corrected chi connectivity index (χ1v) is 6.26. The van der Waals surface area contributed by atoms with E-state index in [4.69, 9.17) is 11.6 Å². The number of anilines is 1. The molecule has 1 fully saturated rings. The van der Waals surface area contributed by atoms with Crippen LogP contribution in [0.2, 0.25) is 5.02 Å². The van der Waals surface area contributed by atoms with Gasteiger partial charge in [0, 0.05) is 12.7 Å². The van der Waals surface area contributed by atoms with Crippen LogP contribution in [0.1, 0.15) is 12.8 Å². The Morgan fingerprint density at radius 1 is 1.53 bits per heavy atom. The molecule has 0 amide bonds. The third-order valence-electron chi connectivity index (χ3n) is 3.20. The van der Waals surface area contributed by atoms with E-state index in [1.807, 2.05) is 0 Å². The summed E-state index contributed by atoms with van der Waals surface area (Å²) >= 11 is 5.65. The van der Waals surface area contributed by atoms with Gasteiger partial charge in [0.15, 0.2) is 11.6 Å². The fourth-order valence-corrected chi connectivity index (χ4v) is 2.20. The van der Waals surface area contributed by atoms with E-state index in [1.165, 1.54) is 12.3 Å². The molecule has 1 aliphatic rings. The number of piperidine rings is 1. The van der Waals surface area contributed by atoms with E-state index < -0.39 is 0 Å². The lowest BCUT2D eigenvalue weighted by Crippen LogP contribution is -2.33. The Balaban J connectivity index is 1.85. The Labute approximate surface area is 106 Å². The van der Waals surface area contributed by atoms with Crippen molar-refractivity contribution in [3.8, 4) is 0 Å². The zero-order valence-corrected chi connectivity index (χ0v) is 10.7. The Kier molecular flexibility index (Phi) is 4.18. The van der Waals surface area contributed by atoms with E-state index in [0.29, 0.717) is 16.8 Å². The predicted molar refractivity (Wildman–Crippen MR) is 67.9 cm³/mol. The number of aromatic nitrogens is 1. The van der Waals surface area contributed by atoms with Crippen molar-refractivity contribution in [2.75, 3.05) is 32.0 Å². The maximum atomic E-state index is 13.4. The fourth-order valence-electron chi connectivity index (χ4n) is 2.05. The Morgan fingerprint density at radius 3 is 2.88 bits per heavy atom. The van der Waals surface area contributed by atoms with Crippen molar-refractivity contribution in [1.29, 1.82) is 0 Å². The normalized spacial score (nSPS) is 18.3. The van der Waals surface area contributed by atoms with Crippen LogP contribution in [0.25, 0.3) is 0 Å². The molecular weight excluding hydrogens is 241 g/mol. The van der Waals surface area contributed by atoms with Crippen molar-refractivity contribution >= 4 is 17.4 Å². The lowest BCUT2D eigenvalue weighted by atomic mass is 9.97. The molecule has 0 aromatic carbocycles. The minimum atomic E-state index is -0.384. The van der Waals surface area contributed by atoms with Gasteiger partial charge in [0.2, 0.25) is 0 Å². The van der Waals surface area contributed by atoms with Crippen LogP contribution in [0.3, 0.4) is 0 Å². The van der Waals surface area contributed by atoms with Gasteiger partial charge in [-0.2, -0.15) is 0 Å². The molecule has 94 valence electrons. The Morgan fingerprint density at radius 2 is 2.24 bits per heavy atom. The molecule has 0 saturated carbocycles. The highest BCUT2D eigenvalue weighted by atomic mass is 35.5. The molecule has 0 spiro atoms. The first-order valence-electron chi connectivity index (χ1n) is 5.88. The standard InChI is InChI=1S/C12H17ClFN3/c1-17-4-2-9(3-5-17)7-15-12-11(14)6-10(13)8-16-12/h6,8-9H,2-5,7H2,1H3,(H,15,16). The van der Waals surface area contributed by atoms with Crippen LogP contribution in [0.15, 0.2) is 12.3 Å². The van der Waals surface area contributed by atoms with Gasteiger partial charge in [-0.15, -0.1) is 0 Å². The summed E-state index contributed by atoms with van der Waals surface area (Å²) in [5, 5.41) is 3.39. The van der Waals surface area contributed by atoms with Gasteiger partial charge in [-0.25, -0.2) is 9.37 Å². The van der Waals surface area contributed by atoms with Crippen molar-refractivity contribution in [3.05, 3.63) is 23.1 Å². The number of likely N-dealkylation sites (tertiary alicyclic amines) is 1. The number of nitrogens with zero attached hydrogens (tertiary/aromatic N) is 2. The van der Waals surface area contributed by atoms with Crippen molar-refractivity contribution < 1.29 is 4.39 Å². The van der Waals surface area contributed by atoms with Crippen LogP contribution in [0.4, 0.5) is 10.2 Å². The number of pyridine rings is 1. The van der Waals surface area contributed by atoms with Crippen LogP contribution in [-0.4, -0.2) is 36.6 Å². The number of halogens is 2. The third-order valence-corrected chi connectivity index (χ3v) is 3.41. The number of rotatable bonds is 3. The summed E-state index contributed by atoms with van der Waals surface area (Å²) in [6.45, 7) is 3.01. The van der Waals surface area contributed by atoms with E-state index >= 15 is 0 Å². The van der Waals surface area contributed by atoms with Crippen molar-refractivity contribution in [2.24, 2.45) is 5.92 Å². The molecule has 1 N–H and O–H groups in total. The molecule has 0 aliphatic carbocycles. The zero-order valence-electron chi connectivity index (χ0n) is 9.92.